The first-order chi connectivity index (χ1) is 15.3. The third-order valence-corrected chi connectivity index (χ3v) is 6.18. The van der Waals surface area contributed by atoms with Gasteiger partial charge in [0.1, 0.15) is 12.1 Å². The molecular weight excluding hydrogens is 404 g/mol. The van der Waals surface area contributed by atoms with Crippen molar-refractivity contribution in [2.24, 2.45) is 11.8 Å². The van der Waals surface area contributed by atoms with Crippen LogP contribution in [0.15, 0.2) is 48.5 Å². The van der Waals surface area contributed by atoms with Gasteiger partial charge in [-0.1, -0.05) is 76.2 Å². The van der Waals surface area contributed by atoms with Crippen LogP contribution in [0, 0.1) is 11.8 Å². The van der Waals surface area contributed by atoms with Gasteiger partial charge in [-0.2, -0.15) is 0 Å². The van der Waals surface area contributed by atoms with Gasteiger partial charge in [0, 0.05) is 0 Å². The Bertz CT molecular complexity index is 879. The fourth-order valence-corrected chi connectivity index (χ4v) is 4.46. The van der Waals surface area contributed by atoms with Crippen LogP contribution in [0.3, 0.4) is 0 Å². The number of nitrogens with one attached hydrogen (secondary N) is 2. The molecule has 0 fully saturated rings. The van der Waals surface area contributed by atoms with Gasteiger partial charge in [0.05, 0.1) is 26.3 Å². The van der Waals surface area contributed by atoms with E-state index in [1.807, 2.05) is 52.0 Å². The fraction of sp³-hybridized carbons (Fsp3) is 0.462. The molecule has 1 aliphatic carbocycles. The van der Waals surface area contributed by atoms with Crippen molar-refractivity contribution >= 4 is 11.9 Å². The Kier molecular flexibility index (Phi) is 7.69. The molecule has 32 heavy (non-hydrogen) atoms. The molecule has 0 aliphatic heterocycles. The number of methoxy groups -OCH3 is 2. The van der Waals surface area contributed by atoms with E-state index in [9.17, 15) is 9.59 Å². The van der Waals surface area contributed by atoms with E-state index in [2.05, 4.69) is 34.9 Å². The predicted molar refractivity (Wildman–Crippen MR) is 125 cm³/mol. The second-order valence-electron chi connectivity index (χ2n) is 8.95. The quantitative estimate of drug-likeness (QED) is 0.606. The maximum absolute atomic E-state index is 12.6. The molecule has 4 atom stereocenters. The second-order valence-corrected chi connectivity index (χ2v) is 8.95. The van der Waals surface area contributed by atoms with Crippen LogP contribution in [0.5, 0.6) is 0 Å². The number of hydrogen-bond acceptors (Lipinski definition) is 6. The van der Waals surface area contributed by atoms with E-state index in [-0.39, 0.29) is 35.9 Å². The number of hydrogen-bond donors (Lipinski definition) is 2. The van der Waals surface area contributed by atoms with E-state index in [0.29, 0.717) is 0 Å². The van der Waals surface area contributed by atoms with Crippen molar-refractivity contribution in [2.75, 3.05) is 14.2 Å². The van der Waals surface area contributed by atoms with Gasteiger partial charge < -0.3 is 9.47 Å². The summed E-state index contributed by atoms with van der Waals surface area (Å²) in [7, 11) is 2.82. The van der Waals surface area contributed by atoms with Gasteiger partial charge in [-0.05, 0) is 34.1 Å². The molecular formula is C26H34N2O4. The zero-order valence-electron chi connectivity index (χ0n) is 19.7. The van der Waals surface area contributed by atoms with Crippen molar-refractivity contribution in [1.29, 1.82) is 0 Å². The van der Waals surface area contributed by atoms with E-state index >= 15 is 0 Å². The molecule has 0 heterocycles. The van der Waals surface area contributed by atoms with Gasteiger partial charge in [0.2, 0.25) is 0 Å². The lowest BCUT2D eigenvalue weighted by Crippen LogP contribution is -2.52. The largest absolute Gasteiger partial charge is 0.468 e. The summed E-state index contributed by atoms with van der Waals surface area (Å²) in [5.41, 5.74) is 4.38. The molecule has 172 valence electrons. The molecule has 0 saturated carbocycles. The monoisotopic (exact) mass is 438 g/mol. The smallest absolute Gasteiger partial charge is 0.323 e. The normalized spacial score (nSPS) is 19.1. The summed E-state index contributed by atoms with van der Waals surface area (Å²) in [5.74, 6) is -0.560. The maximum Gasteiger partial charge on any atom is 0.323 e. The van der Waals surface area contributed by atoms with Gasteiger partial charge in [0.15, 0.2) is 0 Å². The second kappa shape index (κ2) is 10.3. The maximum atomic E-state index is 12.6. The molecule has 0 bridgehead atoms. The molecule has 0 unspecified atom stereocenters. The van der Waals surface area contributed by atoms with Crippen LogP contribution in [0.2, 0.25) is 0 Å². The van der Waals surface area contributed by atoms with Gasteiger partial charge in [0.25, 0.3) is 0 Å². The number of rotatable bonds is 8. The summed E-state index contributed by atoms with van der Waals surface area (Å²) < 4.78 is 10.2. The summed E-state index contributed by atoms with van der Waals surface area (Å²) >= 11 is 0. The summed E-state index contributed by atoms with van der Waals surface area (Å²) in [6.45, 7) is 7.96. The molecule has 0 spiro atoms. The topological polar surface area (TPSA) is 76.7 Å². The third kappa shape index (κ3) is 4.71. The van der Waals surface area contributed by atoms with Gasteiger partial charge in [-0.25, -0.2) is 0 Å². The Labute approximate surface area is 190 Å². The zero-order valence-corrected chi connectivity index (χ0v) is 19.7. The Morgan fingerprint density at radius 1 is 0.688 bits per heavy atom. The lowest BCUT2D eigenvalue weighted by Gasteiger charge is -2.40. The number of ether oxygens (including phenoxy) is 2. The van der Waals surface area contributed by atoms with Crippen LogP contribution in [-0.4, -0.2) is 38.2 Å². The summed E-state index contributed by atoms with van der Waals surface area (Å²) in [6, 6.07) is 14.9. The highest BCUT2D eigenvalue weighted by Crippen LogP contribution is 2.45. The SMILES string of the molecule is COC(=O)[C@@H](N[C@@H]1c2ccccc2-c2ccccc2[C@H]1N[C@H](C(=O)OC)C(C)C)C(C)C. The highest BCUT2D eigenvalue weighted by atomic mass is 16.5. The molecule has 2 N–H and O–H groups in total. The van der Waals surface area contributed by atoms with Crippen molar-refractivity contribution in [3.63, 3.8) is 0 Å². The van der Waals surface area contributed by atoms with Crippen molar-refractivity contribution in [1.82, 2.24) is 10.6 Å². The van der Waals surface area contributed by atoms with Crippen LogP contribution < -0.4 is 10.6 Å². The molecule has 2 aromatic carbocycles. The zero-order chi connectivity index (χ0) is 23.4. The average Bonchev–Trinajstić information content (AvgIpc) is 2.80. The number of esters is 2. The minimum atomic E-state index is -0.497. The van der Waals surface area contributed by atoms with Crippen LogP contribution >= 0.6 is 0 Å². The van der Waals surface area contributed by atoms with E-state index in [1.165, 1.54) is 14.2 Å². The van der Waals surface area contributed by atoms with E-state index in [4.69, 9.17) is 9.47 Å². The van der Waals surface area contributed by atoms with Crippen molar-refractivity contribution in [2.45, 2.75) is 51.9 Å². The number of carbonyl (C=O) groups is 2. The fourth-order valence-electron chi connectivity index (χ4n) is 4.46. The van der Waals surface area contributed by atoms with E-state index in [1.54, 1.807) is 0 Å². The van der Waals surface area contributed by atoms with Gasteiger partial charge >= 0.3 is 11.9 Å². The van der Waals surface area contributed by atoms with Crippen LogP contribution in [0.25, 0.3) is 11.1 Å². The highest BCUT2D eigenvalue weighted by molar-refractivity contribution is 5.79. The molecule has 1 aliphatic rings. The predicted octanol–water partition coefficient (Wildman–Crippen LogP) is 4.02. The first-order valence-corrected chi connectivity index (χ1v) is 11.2. The van der Waals surface area contributed by atoms with Crippen LogP contribution in [-0.2, 0) is 19.1 Å². The van der Waals surface area contributed by atoms with Crippen molar-refractivity contribution < 1.29 is 19.1 Å². The molecule has 6 heteroatoms. The number of fused-ring (bicyclic) bond motifs is 3. The Morgan fingerprint density at radius 3 is 1.34 bits per heavy atom. The summed E-state index contributed by atoms with van der Waals surface area (Å²) in [5, 5.41) is 7.13. The third-order valence-electron chi connectivity index (χ3n) is 6.18. The number of benzene rings is 2. The number of carbonyl (C=O) groups excluding carboxylic acids is 2. The van der Waals surface area contributed by atoms with Gasteiger partial charge in [-0.3, -0.25) is 20.2 Å². The van der Waals surface area contributed by atoms with E-state index < -0.39 is 12.1 Å². The molecule has 0 aromatic heterocycles. The average molecular weight is 439 g/mol. The molecule has 3 rings (SSSR count). The standard InChI is InChI=1S/C26H34N2O4/c1-15(2)21(25(29)31-5)27-23-19-13-9-7-11-17(19)18-12-8-10-14-20(18)24(23)28-22(16(3)4)26(30)32-6/h7-16,21-24,27-28H,1-6H3/t21-,22-,23+,24+/m0/s1. The minimum absolute atomic E-state index is 0.0222. The minimum Gasteiger partial charge on any atom is -0.468 e. The van der Waals surface area contributed by atoms with Crippen molar-refractivity contribution in [3.05, 3.63) is 59.7 Å². The lowest BCUT2D eigenvalue weighted by atomic mass is 9.78. The lowest BCUT2D eigenvalue weighted by molar-refractivity contribution is -0.146. The Morgan fingerprint density at radius 2 is 1.03 bits per heavy atom. The first-order valence-electron chi connectivity index (χ1n) is 11.2. The molecule has 0 radical (unpaired) electrons. The molecule has 6 nitrogen and oxygen atoms in total. The Hall–Kier alpha value is -2.70. The van der Waals surface area contributed by atoms with E-state index in [0.717, 1.165) is 22.3 Å². The van der Waals surface area contributed by atoms with Gasteiger partial charge in [-0.15, -0.1) is 0 Å². The van der Waals surface area contributed by atoms with Crippen LogP contribution in [0.4, 0.5) is 0 Å². The molecule has 2 aromatic rings. The highest BCUT2D eigenvalue weighted by Gasteiger charge is 2.39. The molecule has 0 amide bonds. The van der Waals surface area contributed by atoms with Crippen molar-refractivity contribution in [3.8, 4) is 11.1 Å². The Balaban J connectivity index is 2.13. The summed E-state index contributed by atoms with van der Waals surface area (Å²) in [4.78, 5) is 25.2. The summed E-state index contributed by atoms with van der Waals surface area (Å²) in [6.07, 6.45) is 0. The molecule has 0 saturated heterocycles. The van der Waals surface area contributed by atoms with Crippen LogP contribution in [0.1, 0.15) is 50.9 Å². The first kappa shape index (κ1) is 24.0.